The van der Waals surface area contributed by atoms with Crippen LogP contribution >= 0.6 is 0 Å². The number of hydrogen-bond acceptors (Lipinski definition) is 6. The zero-order valence-corrected chi connectivity index (χ0v) is 9.08. The van der Waals surface area contributed by atoms with Crippen molar-refractivity contribution in [2.24, 2.45) is 0 Å². The van der Waals surface area contributed by atoms with Crippen LogP contribution in [0.1, 0.15) is 17.4 Å². The molecule has 1 aliphatic heterocycles. The highest BCUT2D eigenvalue weighted by Gasteiger charge is 2.22. The van der Waals surface area contributed by atoms with Gasteiger partial charge in [-0.2, -0.15) is 8.42 Å². The summed E-state index contributed by atoms with van der Waals surface area (Å²) in [6, 6.07) is 1.73. The predicted octanol–water partition coefficient (Wildman–Crippen LogP) is -0.162. The topological polar surface area (TPSA) is 81.4 Å². The van der Waals surface area contributed by atoms with E-state index in [9.17, 15) is 8.42 Å². The van der Waals surface area contributed by atoms with Crippen LogP contribution in [0.2, 0.25) is 0 Å². The highest BCUT2D eigenvalue weighted by Crippen LogP contribution is 2.19. The van der Waals surface area contributed by atoms with Gasteiger partial charge in [-0.25, -0.2) is 0 Å². The maximum atomic E-state index is 10.7. The molecule has 0 amide bonds. The summed E-state index contributed by atoms with van der Waals surface area (Å²) in [6.45, 7) is 1.68. The molecule has 1 saturated heterocycles. The van der Waals surface area contributed by atoms with Gasteiger partial charge < -0.3 is 9.84 Å². The summed E-state index contributed by atoms with van der Waals surface area (Å²) in [5, 5.41) is 6.97. The van der Waals surface area contributed by atoms with Crippen LogP contribution in [-0.2, 0) is 20.9 Å². The molecule has 0 bridgehead atoms. The van der Waals surface area contributed by atoms with E-state index >= 15 is 0 Å². The molecule has 0 atom stereocenters. The Morgan fingerprint density at radius 3 is 2.93 bits per heavy atom. The smallest absolute Gasteiger partial charge is 0.264 e. The minimum Gasteiger partial charge on any atom is -0.359 e. The van der Waals surface area contributed by atoms with Gasteiger partial charge in [0.25, 0.3) is 10.1 Å². The summed E-state index contributed by atoms with van der Waals surface area (Å²) < 4.78 is 31.0. The Hall–Kier alpha value is -0.920. The zero-order chi connectivity index (χ0) is 10.9. The quantitative estimate of drug-likeness (QED) is 0.726. The van der Waals surface area contributed by atoms with Crippen LogP contribution in [0.4, 0.5) is 0 Å². The van der Waals surface area contributed by atoms with Gasteiger partial charge in [0.1, 0.15) is 6.61 Å². The van der Waals surface area contributed by atoms with Crippen LogP contribution in [0.15, 0.2) is 10.6 Å². The van der Waals surface area contributed by atoms with Crippen LogP contribution in [0.25, 0.3) is 0 Å². The first-order valence-electron chi connectivity index (χ1n) is 4.55. The lowest BCUT2D eigenvalue weighted by Crippen LogP contribution is -2.40. The van der Waals surface area contributed by atoms with Gasteiger partial charge in [-0.3, -0.25) is 4.18 Å². The molecule has 0 spiro atoms. The molecule has 2 rings (SSSR count). The SMILES string of the molecule is CS(=O)(=O)OCc1cc(C2CNC2)no1. The summed E-state index contributed by atoms with van der Waals surface area (Å²) in [7, 11) is -3.43. The fourth-order valence-electron chi connectivity index (χ4n) is 1.25. The average molecular weight is 232 g/mol. The maximum Gasteiger partial charge on any atom is 0.264 e. The molecule has 0 aliphatic carbocycles. The molecule has 0 unspecified atom stereocenters. The molecule has 0 aromatic carbocycles. The van der Waals surface area contributed by atoms with E-state index < -0.39 is 10.1 Å². The van der Waals surface area contributed by atoms with E-state index in [1.54, 1.807) is 6.07 Å². The van der Waals surface area contributed by atoms with Crippen molar-refractivity contribution in [3.05, 3.63) is 17.5 Å². The molecule has 84 valence electrons. The van der Waals surface area contributed by atoms with Crippen molar-refractivity contribution in [1.82, 2.24) is 10.5 Å². The Kier molecular flexibility index (Phi) is 2.76. The molecule has 6 nitrogen and oxygen atoms in total. The minimum atomic E-state index is -3.43. The van der Waals surface area contributed by atoms with Crippen molar-refractivity contribution in [3.8, 4) is 0 Å². The monoisotopic (exact) mass is 232 g/mol. The zero-order valence-electron chi connectivity index (χ0n) is 8.26. The van der Waals surface area contributed by atoms with E-state index in [1.807, 2.05) is 0 Å². The van der Waals surface area contributed by atoms with Crippen LogP contribution in [-0.4, -0.2) is 32.9 Å². The fourth-order valence-corrected chi connectivity index (χ4v) is 1.58. The van der Waals surface area contributed by atoms with E-state index in [2.05, 4.69) is 14.7 Å². The molecule has 0 saturated carbocycles. The number of nitrogens with zero attached hydrogens (tertiary/aromatic N) is 1. The Labute approximate surface area is 87.7 Å². The van der Waals surface area contributed by atoms with Crippen molar-refractivity contribution in [2.45, 2.75) is 12.5 Å². The molecular weight excluding hydrogens is 220 g/mol. The van der Waals surface area contributed by atoms with Gasteiger partial charge >= 0.3 is 0 Å². The number of aromatic nitrogens is 1. The Morgan fingerprint density at radius 2 is 2.40 bits per heavy atom. The fraction of sp³-hybridized carbons (Fsp3) is 0.625. The van der Waals surface area contributed by atoms with Gasteiger partial charge in [0.2, 0.25) is 0 Å². The first-order valence-corrected chi connectivity index (χ1v) is 6.37. The molecule has 15 heavy (non-hydrogen) atoms. The van der Waals surface area contributed by atoms with Crippen molar-refractivity contribution in [2.75, 3.05) is 19.3 Å². The van der Waals surface area contributed by atoms with Crippen LogP contribution in [0, 0.1) is 0 Å². The maximum absolute atomic E-state index is 10.7. The van der Waals surface area contributed by atoms with Crippen LogP contribution < -0.4 is 5.32 Å². The lowest BCUT2D eigenvalue weighted by atomic mass is 9.99. The van der Waals surface area contributed by atoms with Crippen molar-refractivity contribution in [1.29, 1.82) is 0 Å². The molecule has 1 aliphatic rings. The molecule has 0 radical (unpaired) electrons. The van der Waals surface area contributed by atoms with Crippen molar-refractivity contribution in [3.63, 3.8) is 0 Å². The third-order valence-corrected chi connectivity index (χ3v) is 2.74. The van der Waals surface area contributed by atoms with Gasteiger partial charge in [-0.1, -0.05) is 5.16 Å². The van der Waals surface area contributed by atoms with E-state index in [4.69, 9.17) is 4.52 Å². The lowest BCUT2D eigenvalue weighted by molar-refractivity contribution is 0.253. The third-order valence-electron chi connectivity index (χ3n) is 2.19. The summed E-state index contributed by atoms with van der Waals surface area (Å²) >= 11 is 0. The Balaban J connectivity index is 1.95. The van der Waals surface area contributed by atoms with E-state index in [1.165, 1.54) is 0 Å². The molecule has 2 heterocycles. The van der Waals surface area contributed by atoms with Gasteiger partial charge in [0.05, 0.1) is 11.9 Å². The van der Waals surface area contributed by atoms with Gasteiger partial charge in [-0.05, 0) is 0 Å². The summed E-state index contributed by atoms with van der Waals surface area (Å²) in [6.07, 6.45) is 1.00. The first kappa shape index (κ1) is 10.6. The molecule has 1 fully saturated rings. The second kappa shape index (κ2) is 3.92. The van der Waals surface area contributed by atoms with E-state index in [0.717, 1.165) is 25.0 Å². The number of nitrogens with one attached hydrogen (secondary N) is 1. The molecule has 1 aromatic heterocycles. The predicted molar refractivity (Wildman–Crippen MR) is 51.7 cm³/mol. The standard InChI is InChI=1S/C8H12N2O4S/c1-15(11,12)13-5-7-2-8(10-14-7)6-3-9-4-6/h2,6,9H,3-5H2,1H3. The van der Waals surface area contributed by atoms with Gasteiger partial charge in [-0.15, -0.1) is 0 Å². The summed E-state index contributed by atoms with van der Waals surface area (Å²) in [5.41, 5.74) is 0.848. The highest BCUT2D eigenvalue weighted by molar-refractivity contribution is 7.85. The van der Waals surface area contributed by atoms with Crippen LogP contribution in [0.5, 0.6) is 0 Å². The van der Waals surface area contributed by atoms with Gasteiger partial charge in [0, 0.05) is 25.1 Å². The highest BCUT2D eigenvalue weighted by atomic mass is 32.2. The van der Waals surface area contributed by atoms with Crippen molar-refractivity contribution >= 4 is 10.1 Å². The summed E-state index contributed by atoms with van der Waals surface area (Å²) in [4.78, 5) is 0. The second-order valence-corrected chi connectivity index (χ2v) is 5.18. The Bertz CT molecular complexity index is 435. The Morgan fingerprint density at radius 1 is 1.67 bits per heavy atom. The molecular formula is C8H12N2O4S. The largest absolute Gasteiger partial charge is 0.359 e. The second-order valence-electron chi connectivity index (χ2n) is 3.54. The number of hydrogen-bond donors (Lipinski definition) is 1. The average Bonchev–Trinajstić information content (AvgIpc) is 2.45. The molecule has 1 N–H and O–H groups in total. The third kappa shape index (κ3) is 2.77. The normalized spacial score (nSPS) is 17.7. The number of rotatable bonds is 4. The first-order chi connectivity index (χ1) is 7.04. The lowest BCUT2D eigenvalue weighted by Gasteiger charge is -2.24. The van der Waals surface area contributed by atoms with E-state index in [0.29, 0.717) is 11.7 Å². The van der Waals surface area contributed by atoms with Gasteiger partial charge in [0.15, 0.2) is 5.76 Å². The summed E-state index contributed by atoms with van der Waals surface area (Å²) in [5.74, 6) is 0.808. The van der Waals surface area contributed by atoms with Crippen molar-refractivity contribution < 1.29 is 17.1 Å². The molecule has 7 heteroatoms. The van der Waals surface area contributed by atoms with Crippen LogP contribution in [0.3, 0.4) is 0 Å². The molecule has 1 aromatic rings. The van der Waals surface area contributed by atoms with E-state index in [-0.39, 0.29) is 6.61 Å². The minimum absolute atomic E-state index is 0.0913.